The maximum absolute atomic E-state index is 5.87. The largest absolute Gasteiger partial charge is 0.373 e. The molecule has 0 fully saturated rings. The molecule has 0 aromatic heterocycles. The monoisotopic (exact) mass is 229 g/mol. The summed E-state index contributed by atoms with van der Waals surface area (Å²) < 4.78 is 11.6. The Morgan fingerprint density at radius 2 is 1.50 bits per heavy atom. The van der Waals surface area contributed by atoms with Crippen LogP contribution in [-0.4, -0.2) is 24.4 Å². The molecular weight excluding hydrogens is 200 g/mol. The highest BCUT2D eigenvalue weighted by Crippen LogP contribution is 2.16. The lowest BCUT2D eigenvalue weighted by Gasteiger charge is -2.27. The van der Waals surface area contributed by atoms with Crippen LogP contribution in [0.5, 0.6) is 0 Å². The molecule has 0 aliphatic carbocycles. The molecule has 0 aromatic carbocycles. The van der Waals surface area contributed by atoms with Crippen molar-refractivity contribution in [2.24, 2.45) is 0 Å². The molecule has 2 atom stereocenters. The molecule has 1 radical (unpaired) electrons. The summed E-state index contributed by atoms with van der Waals surface area (Å²) in [6.45, 7) is 14.5. The van der Waals surface area contributed by atoms with Crippen LogP contribution in [0.15, 0.2) is 0 Å². The van der Waals surface area contributed by atoms with Gasteiger partial charge in [0.25, 0.3) is 0 Å². The van der Waals surface area contributed by atoms with Crippen LogP contribution in [0.2, 0.25) is 0 Å². The van der Waals surface area contributed by atoms with Crippen molar-refractivity contribution >= 4 is 0 Å². The van der Waals surface area contributed by atoms with Gasteiger partial charge in [0.2, 0.25) is 0 Å². The van der Waals surface area contributed by atoms with E-state index in [9.17, 15) is 0 Å². The van der Waals surface area contributed by atoms with E-state index in [-0.39, 0.29) is 24.4 Å². The molecule has 97 valence electrons. The van der Waals surface area contributed by atoms with E-state index in [4.69, 9.17) is 9.47 Å². The van der Waals surface area contributed by atoms with E-state index in [1.807, 2.05) is 13.8 Å². The zero-order chi connectivity index (χ0) is 12.6. The lowest BCUT2D eigenvalue weighted by atomic mass is 10.1. The third kappa shape index (κ3) is 8.12. The normalized spacial score (nSPS) is 15.8. The van der Waals surface area contributed by atoms with Crippen LogP contribution in [0.25, 0.3) is 0 Å². The Hall–Kier alpha value is -0.0800. The number of hydrogen-bond donors (Lipinski definition) is 0. The fourth-order valence-electron chi connectivity index (χ4n) is 1.72. The van der Waals surface area contributed by atoms with E-state index in [1.54, 1.807) is 0 Å². The average Bonchev–Trinajstić information content (AvgIpc) is 2.14. The van der Waals surface area contributed by atoms with Gasteiger partial charge < -0.3 is 9.47 Å². The van der Waals surface area contributed by atoms with Crippen molar-refractivity contribution in [3.8, 4) is 0 Å². The molecule has 16 heavy (non-hydrogen) atoms. The summed E-state index contributed by atoms with van der Waals surface area (Å²) >= 11 is 0. The van der Waals surface area contributed by atoms with E-state index in [2.05, 4.69) is 27.7 Å². The van der Waals surface area contributed by atoms with Crippen molar-refractivity contribution < 1.29 is 9.47 Å². The molecule has 0 aliphatic rings. The summed E-state index contributed by atoms with van der Waals surface area (Å²) in [4.78, 5) is 0. The van der Waals surface area contributed by atoms with Gasteiger partial charge in [0, 0.05) is 0 Å². The SMILES string of the molecule is [CH2]C(OC(C)C)C(CCCCC)OC(C)C. The molecule has 0 aliphatic heterocycles. The first kappa shape index (κ1) is 15.9. The van der Waals surface area contributed by atoms with E-state index in [0.29, 0.717) is 0 Å². The van der Waals surface area contributed by atoms with Gasteiger partial charge in [0.15, 0.2) is 0 Å². The van der Waals surface area contributed by atoms with Crippen LogP contribution in [0.3, 0.4) is 0 Å². The second-order valence-electron chi connectivity index (χ2n) is 4.94. The Morgan fingerprint density at radius 3 is 1.94 bits per heavy atom. The summed E-state index contributed by atoms with van der Waals surface area (Å²) in [7, 11) is 0. The molecule has 0 aromatic rings. The molecule has 0 saturated carbocycles. The van der Waals surface area contributed by atoms with Crippen molar-refractivity contribution in [1.82, 2.24) is 0 Å². The third-order valence-corrected chi connectivity index (χ3v) is 2.40. The number of unbranched alkanes of at least 4 members (excludes halogenated alkanes) is 2. The number of rotatable bonds is 9. The Labute approximate surface area is 102 Å². The second kappa shape index (κ2) is 9.00. The molecule has 0 bridgehead atoms. The van der Waals surface area contributed by atoms with Crippen LogP contribution in [0, 0.1) is 6.92 Å². The van der Waals surface area contributed by atoms with Crippen LogP contribution in [-0.2, 0) is 9.47 Å². The minimum absolute atomic E-state index is 0.0562. The van der Waals surface area contributed by atoms with Crippen molar-refractivity contribution in [1.29, 1.82) is 0 Å². The average molecular weight is 229 g/mol. The minimum Gasteiger partial charge on any atom is -0.373 e. The first-order chi connectivity index (χ1) is 7.47. The van der Waals surface area contributed by atoms with Gasteiger partial charge in [0.1, 0.15) is 0 Å². The zero-order valence-electron chi connectivity index (χ0n) is 11.7. The van der Waals surface area contributed by atoms with Gasteiger partial charge in [-0.15, -0.1) is 0 Å². The Kier molecular flexibility index (Phi) is 8.96. The second-order valence-corrected chi connectivity index (χ2v) is 4.94. The van der Waals surface area contributed by atoms with Gasteiger partial charge in [-0.1, -0.05) is 26.2 Å². The van der Waals surface area contributed by atoms with Gasteiger partial charge in [-0.2, -0.15) is 0 Å². The van der Waals surface area contributed by atoms with Crippen molar-refractivity contribution in [3.05, 3.63) is 6.92 Å². The van der Waals surface area contributed by atoms with Crippen LogP contribution >= 0.6 is 0 Å². The fraction of sp³-hybridized carbons (Fsp3) is 0.929. The molecule has 0 amide bonds. The van der Waals surface area contributed by atoms with E-state index >= 15 is 0 Å². The predicted octanol–water partition coefficient (Wildman–Crippen LogP) is 3.99. The summed E-state index contributed by atoms with van der Waals surface area (Å²) in [5, 5.41) is 0. The van der Waals surface area contributed by atoms with E-state index in [1.165, 1.54) is 19.3 Å². The first-order valence-corrected chi connectivity index (χ1v) is 6.61. The Bertz CT molecular complexity index is 155. The highest BCUT2D eigenvalue weighted by molar-refractivity contribution is 4.74. The maximum atomic E-state index is 5.87. The van der Waals surface area contributed by atoms with Gasteiger partial charge >= 0.3 is 0 Å². The van der Waals surface area contributed by atoms with E-state index in [0.717, 1.165) is 6.42 Å². The van der Waals surface area contributed by atoms with Gasteiger partial charge in [-0.25, -0.2) is 0 Å². The summed E-state index contributed by atoms with van der Waals surface area (Å²) in [5.74, 6) is 0. The standard InChI is InChI=1S/C14H29O2/c1-7-8-9-10-14(16-12(4)5)13(6)15-11(2)3/h11-14H,6-10H2,1-5H3. The van der Waals surface area contributed by atoms with Crippen molar-refractivity contribution in [3.63, 3.8) is 0 Å². The minimum atomic E-state index is -0.0562. The van der Waals surface area contributed by atoms with Gasteiger partial charge in [-0.05, 0) is 41.0 Å². The molecule has 0 spiro atoms. The quantitative estimate of drug-likeness (QED) is 0.557. The summed E-state index contributed by atoms with van der Waals surface area (Å²) in [5.41, 5.74) is 0. The fourth-order valence-corrected chi connectivity index (χ4v) is 1.72. The molecule has 2 nitrogen and oxygen atoms in total. The zero-order valence-corrected chi connectivity index (χ0v) is 11.7. The smallest absolute Gasteiger partial charge is 0.0841 e. The Balaban J connectivity index is 4.06. The molecule has 0 heterocycles. The lowest BCUT2D eigenvalue weighted by molar-refractivity contribution is -0.0951. The van der Waals surface area contributed by atoms with Crippen LogP contribution < -0.4 is 0 Å². The molecule has 2 unspecified atom stereocenters. The van der Waals surface area contributed by atoms with Crippen LogP contribution in [0.1, 0.15) is 60.3 Å². The van der Waals surface area contributed by atoms with Gasteiger partial charge in [-0.3, -0.25) is 0 Å². The van der Waals surface area contributed by atoms with Crippen molar-refractivity contribution in [2.45, 2.75) is 84.7 Å². The molecular formula is C14H29O2. The lowest BCUT2D eigenvalue weighted by Crippen LogP contribution is -2.33. The van der Waals surface area contributed by atoms with Crippen LogP contribution in [0.4, 0.5) is 0 Å². The highest BCUT2D eigenvalue weighted by atomic mass is 16.5. The molecule has 0 saturated heterocycles. The molecule has 2 heteroatoms. The molecule has 0 N–H and O–H groups in total. The van der Waals surface area contributed by atoms with Gasteiger partial charge in [0.05, 0.1) is 24.4 Å². The highest BCUT2D eigenvalue weighted by Gasteiger charge is 2.20. The third-order valence-electron chi connectivity index (χ3n) is 2.40. The first-order valence-electron chi connectivity index (χ1n) is 6.61. The molecule has 0 rings (SSSR count). The predicted molar refractivity (Wildman–Crippen MR) is 69.5 cm³/mol. The number of ether oxygens (including phenoxy) is 2. The number of hydrogen-bond acceptors (Lipinski definition) is 2. The maximum Gasteiger partial charge on any atom is 0.0841 e. The van der Waals surface area contributed by atoms with E-state index < -0.39 is 0 Å². The summed E-state index contributed by atoms with van der Waals surface area (Å²) in [6.07, 6.45) is 5.27. The Morgan fingerprint density at radius 1 is 0.938 bits per heavy atom. The summed E-state index contributed by atoms with van der Waals surface area (Å²) in [6, 6.07) is 0. The topological polar surface area (TPSA) is 18.5 Å². The van der Waals surface area contributed by atoms with Crippen molar-refractivity contribution in [2.75, 3.05) is 0 Å².